The van der Waals surface area contributed by atoms with Crippen LogP contribution in [0.2, 0.25) is 0 Å². The molecule has 0 unspecified atom stereocenters. The lowest BCUT2D eigenvalue weighted by atomic mass is 10.1. The van der Waals surface area contributed by atoms with Gasteiger partial charge in [0.1, 0.15) is 0 Å². The van der Waals surface area contributed by atoms with Crippen LogP contribution in [0.1, 0.15) is 35.3 Å². The van der Waals surface area contributed by atoms with Crippen molar-refractivity contribution in [2.45, 2.75) is 25.8 Å². The third-order valence-corrected chi connectivity index (χ3v) is 5.28. The molecule has 4 rings (SSSR count). The molecular formula is C19H21N5OS. The van der Waals surface area contributed by atoms with Gasteiger partial charge in [-0.25, -0.2) is 9.67 Å². The van der Waals surface area contributed by atoms with Crippen LogP contribution in [0.25, 0.3) is 5.69 Å². The number of para-hydroxylation sites is 1. The van der Waals surface area contributed by atoms with Crippen LogP contribution < -0.4 is 5.32 Å². The predicted octanol–water partition coefficient (Wildman–Crippen LogP) is 3.57. The van der Waals surface area contributed by atoms with E-state index in [0.29, 0.717) is 10.7 Å². The SMILES string of the molecule is O=C(Nc1nc(CN2CCCCC2)cs1)c1cnn(-c2ccccc2)c1. The zero-order valence-electron chi connectivity index (χ0n) is 14.5. The molecule has 0 bridgehead atoms. The van der Waals surface area contributed by atoms with Crippen molar-refractivity contribution in [2.75, 3.05) is 18.4 Å². The number of hydrogen-bond acceptors (Lipinski definition) is 5. The number of piperidine rings is 1. The van der Waals surface area contributed by atoms with Gasteiger partial charge in [0.25, 0.3) is 5.91 Å². The Morgan fingerprint density at radius 3 is 2.77 bits per heavy atom. The maximum absolute atomic E-state index is 12.4. The van der Waals surface area contributed by atoms with Crippen LogP contribution in [-0.4, -0.2) is 38.7 Å². The van der Waals surface area contributed by atoms with Crippen molar-refractivity contribution in [1.29, 1.82) is 0 Å². The fraction of sp³-hybridized carbons (Fsp3) is 0.316. The molecule has 1 amide bonds. The van der Waals surface area contributed by atoms with E-state index in [1.807, 2.05) is 35.7 Å². The van der Waals surface area contributed by atoms with E-state index in [2.05, 4.69) is 20.3 Å². The number of rotatable bonds is 5. The van der Waals surface area contributed by atoms with Gasteiger partial charge in [-0.05, 0) is 38.1 Å². The lowest BCUT2D eigenvalue weighted by Crippen LogP contribution is -2.29. The van der Waals surface area contributed by atoms with Gasteiger partial charge in [0, 0.05) is 18.1 Å². The second-order valence-corrected chi connectivity index (χ2v) is 7.30. The van der Waals surface area contributed by atoms with Gasteiger partial charge in [-0.3, -0.25) is 15.0 Å². The predicted molar refractivity (Wildman–Crippen MR) is 103 cm³/mol. The van der Waals surface area contributed by atoms with E-state index in [1.54, 1.807) is 17.1 Å². The number of nitrogens with zero attached hydrogens (tertiary/aromatic N) is 4. The zero-order chi connectivity index (χ0) is 17.8. The molecule has 3 heterocycles. The van der Waals surface area contributed by atoms with Crippen molar-refractivity contribution in [2.24, 2.45) is 0 Å². The first-order valence-electron chi connectivity index (χ1n) is 8.86. The van der Waals surface area contributed by atoms with Crippen LogP contribution in [0, 0.1) is 0 Å². The molecule has 3 aromatic rings. The lowest BCUT2D eigenvalue weighted by Gasteiger charge is -2.25. The summed E-state index contributed by atoms with van der Waals surface area (Å²) in [7, 11) is 0. The zero-order valence-corrected chi connectivity index (χ0v) is 15.3. The van der Waals surface area contributed by atoms with Gasteiger partial charge < -0.3 is 0 Å². The molecule has 0 saturated carbocycles. The molecule has 0 radical (unpaired) electrons. The highest BCUT2D eigenvalue weighted by Gasteiger charge is 2.14. The lowest BCUT2D eigenvalue weighted by molar-refractivity contribution is 0.102. The summed E-state index contributed by atoms with van der Waals surface area (Å²) in [6, 6.07) is 9.72. The van der Waals surface area contributed by atoms with E-state index in [1.165, 1.54) is 30.6 Å². The van der Waals surface area contributed by atoms with E-state index in [9.17, 15) is 4.79 Å². The van der Waals surface area contributed by atoms with Gasteiger partial charge in [-0.2, -0.15) is 5.10 Å². The summed E-state index contributed by atoms with van der Waals surface area (Å²) in [5.41, 5.74) is 2.46. The minimum absolute atomic E-state index is 0.189. The van der Waals surface area contributed by atoms with Gasteiger partial charge >= 0.3 is 0 Å². The molecule has 1 aromatic carbocycles. The van der Waals surface area contributed by atoms with Gasteiger partial charge in [0.2, 0.25) is 0 Å². The number of hydrogen-bond donors (Lipinski definition) is 1. The second kappa shape index (κ2) is 7.80. The van der Waals surface area contributed by atoms with E-state index in [-0.39, 0.29) is 5.91 Å². The molecule has 1 N–H and O–H groups in total. The standard InChI is InChI=1S/C19H21N5OS/c25-18(15-11-20-24(12-15)17-7-3-1-4-8-17)22-19-21-16(14-26-19)13-23-9-5-2-6-10-23/h1,3-4,7-8,11-12,14H,2,5-6,9-10,13H2,(H,21,22,25). The van der Waals surface area contributed by atoms with Crippen molar-refractivity contribution in [1.82, 2.24) is 19.7 Å². The number of carbonyl (C=O) groups is 1. The molecule has 1 fully saturated rings. The van der Waals surface area contributed by atoms with Gasteiger partial charge in [-0.15, -0.1) is 11.3 Å². The monoisotopic (exact) mass is 367 g/mol. The van der Waals surface area contributed by atoms with Crippen LogP contribution in [0.3, 0.4) is 0 Å². The van der Waals surface area contributed by atoms with E-state index in [0.717, 1.165) is 31.0 Å². The normalized spacial score (nSPS) is 15.1. The van der Waals surface area contributed by atoms with Crippen LogP contribution in [0.5, 0.6) is 0 Å². The number of benzene rings is 1. The van der Waals surface area contributed by atoms with Crippen molar-refractivity contribution < 1.29 is 4.79 Å². The summed E-state index contributed by atoms with van der Waals surface area (Å²) in [5, 5.41) is 9.80. The Balaban J connectivity index is 1.38. The number of aromatic nitrogens is 3. The highest BCUT2D eigenvalue weighted by atomic mass is 32.1. The molecule has 26 heavy (non-hydrogen) atoms. The first-order chi connectivity index (χ1) is 12.8. The molecule has 0 aliphatic carbocycles. The van der Waals surface area contributed by atoms with Crippen LogP contribution >= 0.6 is 11.3 Å². The topological polar surface area (TPSA) is 63.1 Å². The molecule has 6 nitrogen and oxygen atoms in total. The number of thiazole rings is 1. The molecular weight excluding hydrogens is 346 g/mol. The molecule has 1 saturated heterocycles. The van der Waals surface area contributed by atoms with Gasteiger partial charge in [0.15, 0.2) is 5.13 Å². The molecule has 2 aromatic heterocycles. The fourth-order valence-electron chi connectivity index (χ4n) is 3.11. The van der Waals surface area contributed by atoms with Crippen molar-refractivity contribution in [3.63, 3.8) is 0 Å². The maximum Gasteiger partial charge on any atom is 0.260 e. The number of anilines is 1. The molecule has 0 atom stereocenters. The Labute approximate surface area is 156 Å². The summed E-state index contributed by atoms with van der Waals surface area (Å²) in [6.07, 6.45) is 7.15. The number of nitrogens with one attached hydrogen (secondary N) is 1. The summed E-state index contributed by atoms with van der Waals surface area (Å²) < 4.78 is 1.69. The van der Waals surface area contributed by atoms with Crippen molar-refractivity contribution in [3.05, 3.63) is 59.4 Å². The average Bonchev–Trinajstić information content (AvgIpc) is 3.33. The van der Waals surface area contributed by atoms with Crippen LogP contribution in [0.15, 0.2) is 48.1 Å². The Morgan fingerprint density at radius 1 is 1.15 bits per heavy atom. The number of amides is 1. The third-order valence-electron chi connectivity index (χ3n) is 4.47. The molecule has 0 spiro atoms. The second-order valence-electron chi connectivity index (χ2n) is 6.44. The summed E-state index contributed by atoms with van der Waals surface area (Å²) in [4.78, 5) is 19.4. The molecule has 1 aliphatic rings. The highest BCUT2D eigenvalue weighted by molar-refractivity contribution is 7.13. The Morgan fingerprint density at radius 2 is 1.96 bits per heavy atom. The number of likely N-dealkylation sites (tertiary alicyclic amines) is 1. The Bertz CT molecular complexity index is 867. The average molecular weight is 367 g/mol. The van der Waals surface area contributed by atoms with Crippen LogP contribution in [-0.2, 0) is 6.54 Å². The Kier molecular flexibility index (Phi) is 5.08. The summed E-state index contributed by atoms with van der Waals surface area (Å²) in [6.45, 7) is 3.13. The van der Waals surface area contributed by atoms with Gasteiger partial charge in [-0.1, -0.05) is 24.6 Å². The first kappa shape index (κ1) is 16.9. The molecule has 134 valence electrons. The van der Waals surface area contributed by atoms with Gasteiger partial charge in [0.05, 0.1) is 23.1 Å². The van der Waals surface area contributed by atoms with E-state index < -0.39 is 0 Å². The van der Waals surface area contributed by atoms with Crippen LogP contribution in [0.4, 0.5) is 5.13 Å². The first-order valence-corrected chi connectivity index (χ1v) is 9.74. The smallest absolute Gasteiger partial charge is 0.260 e. The summed E-state index contributed by atoms with van der Waals surface area (Å²) >= 11 is 1.47. The van der Waals surface area contributed by atoms with E-state index in [4.69, 9.17) is 0 Å². The van der Waals surface area contributed by atoms with Crippen molar-refractivity contribution in [3.8, 4) is 5.69 Å². The van der Waals surface area contributed by atoms with Crippen molar-refractivity contribution >= 4 is 22.4 Å². The number of carbonyl (C=O) groups excluding carboxylic acids is 1. The minimum Gasteiger partial charge on any atom is -0.298 e. The minimum atomic E-state index is -0.189. The highest BCUT2D eigenvalue weighted by Crippen LogP contribution is 2.19. The quantitative estimate of drug-likeness (QED) is 0.749. The van der Waals surface area contributed by atoms with E-state index >= 15 is 0 Å². The molecule has 7 heteroatoms. The Hall–Kier alpha value is -2.51. The maximum atomic E-state index is 12.4. The fourth-order valence-corrected chi connectivity index (χ4v) is 3.81. The third kappa shape index (κ3) is 4.00. The largest absolute Gasteiger partial charge is 0.298 e. The molecule has 1 aliphatic heterocycles. The summed E-state index contributed by atoms with van der Waals surface area (Å²) in [5.74, 6) is -0.189.